The maximum atomic E-state index is 5.85. The fourth-order valence-corrected chi connectivity index (χ4v) is 2.66. The van der Waals surface area contributed by atoms with Crippen LogP contribution in [0.5, 0.6) is 0 Å². The Morgan fingerprint density at radius 1 is 1.10 bits per heavy atom. The lowest BCUT2D eigenvalue weighted by molar-refractivity contribution is 0.589. The van der Waals surface area contributed by atoms with Crippen molar-refractivity contribution >= 4 is 0 Å². The number of rotatable bonds is 2. The zero-order valence-corrected chi connectivity index (χ0v) is 13.1. The van der Waals surface area contributed by atoms with Crippen molar-refractivity contribution in [1.82, 2.24) is 4.98 Å². The van der Waals surface area contributed by atoms with Crippen molar-refractivity contribution in [2.75, 3.05) is 0 Å². The molecule has 0 amide bonds. The average molecular weight is 268 g/mol. The van der Waals surface area contributed by atoms with E-state index in [0.717, 1.165) is 5.56 Å². The molecule has 0 spiro atoms. The second-order valence-electron chi connectivity index (χ2n) is 6.47. The number of aromatic nitrogens is 1. The second kappa shape index (κ2) is 5.37. The van der Waals surface area contributed by atoms with Crippen molar-refractivity contribution in [3.8, 4) is 11.1 Å². The van der Waals surface area contributed by atoms with Crippen LogP contribution in [-0.2, 0) is 12.0 Å². The van der Waals surface area contributed by atoms with E-state index in [1.165, 1.54) is 27.8 Å². The Morgan fingerprint density at radius 2 is 1.70 bits per heavy atom. The van der Waals surface area contributed by atoms with Crippen LogP contribution in [-0.4, -0.2) is 4.98 Å². The molecule has 106 valence electrons. The van der Waals surface area contributed by atoms with E-state index in [1.807, 2.05) is 12.4 Å². The van der Waals surface area contributed by atoms with Crippen LogP contribution in [0.4, 0.5) is 0 Å². The molecule has 0 fully saturated rings. The summed E-state index contributed by atoms with van der Waals surface area (Å²) in [5.74, 6) is 0. The minimum absolute atomic E-state index is 0.170. The number of benzene rings is 1. The Morgan fingerprint density at radius 3 is 2.20 bits per heavy atom. The SMILES string of the molecule is Cc1cc(C(C)(C)C)cc(C)c1-c1ccncc1CN. The quantitative estimate of drug-likeness (QED) is 0.889. The summed E-state index contributed by atoms with van der Waals surface area (Å²) in [6.07, 6.45) is 3.71. The standard InChI is InChI=1S/C18H24N2/c1-12-8-15(18(3,4)5)9-13(2)17(12)16-6-7-20-11-14(16)10-19/h6-9,11H,10,19H2,1-5H3. The highest BCUT2D eigenvalue weighted by molar-refractivity contribution is 5.74. The molecule has 1 aromatic carbocycles. The normalized spacial score (nSPS) is 11.7. The molecular weight excluding hydrogens is 244 g/mol. The van der Waals surface area contributed by atoms with Gasteiger partial charge in [-0.1, -0.05) is 32.9 Å². The maximum absolute atomic E-state index is 5.85. The van der Waals surface area contributed by atoms with Gasteiger partial charge in [0.15, 0.2) is 0 Å². The van der Waals surface area contributed by atoms with Gasteiger partial charge < -0.3 is 5.73 Å². The van der Waals surface area contributed by atoms with Crippen LogP contribution in [0.15, 0.2) is 30.6 Å². The van der Waals surface area contributed by atoms with Gasteiger partial charge in [-0.15, -0.1) is 0 Å². The second-order valence-corrected chi connectivity index (χ2v) is 6.47. The topological polar surface area (TPSA) is 38.9 Å². The zero-order chi connectivity index (χ0) is 14.9. The molecule has 2 N–H and O–H groups in total. The van der Waals surface area contributed by atoms with Gasteiger partial charge in [0.25, 0.3) is 0 Å². The first-order valence-electron chi connectivity index (χ1n) is 7.09. The molecule has 2 nitrogen and oxygen atoms in total. The Hall–Kier alpha value is -1.67. The Kier molecular flexibility index (Phi) is 3.96. The lowest BCUT2D eigenvalue weighted by Crippen LogP contribution is -2.12. The predicted molar refractivity (Wildman–Crippen MR) is 85.7 cm³/mol. The molecule has 1 aromatic heterocycles. The van der Waals surface area contributed by atoms with Crippen LogP contribution in [0.1, 0.15) is 43.0 Å². The van der Waals surface area contributed by atoms with Crippen LogP contribution in [0.25, 0.3) is 11.1 Å². The number of aryl methyl sites for hydroxylation is 2. The van der Waals surface area contributed by atoms with E-state index in [9.17, 15) is 0 Å². The van der Waals surface area contributed by atoms with Gasteiger partial charge in [-0.25, -0.2) is 0 Å². The van der Waals surface area contributed by atoms with Gasteiger partial charge in [-0.2, -0.15) is 0 Å². The number of nitrogens with zero attached hydrogens (tertiary/aromatic N) is 1. The zero-order valence-electron chi connectivity index (χ0n) is 13.1. The smallest absolute Gasteiger partial charge is 0.0318 e. The van der Waals surface area contributed by atoms with Gasteiger partial charge in [0, 0.05) is 18.9 Å². The molecule has 2 heteroatoms. The number of nitrogens with two attached hydrogens (primary N) is 1. The lowest BCUT2D eigenvalue weighted by atomic mass is 9.82. The molecule has 0 bridgehead atoms. The third-order valence-corrected chi connectivity index (χ3v) is 3.79. The highest BCUT2D eigenvalue weighted by Gasteiger charge is 2.17. The summed E-state index contributed by atoms with van der Waals surface area (Å²) in [5, 5.41) is 0. The summed E-state index contributed by atoms with van der Waals surface area (Å²) in [7, 11) is 0. The molecule has 0 aliphatic heterocycles. The molecule has 0 aliphatic rings. The molecule has 2 rings (SSSR count). The van der Waals surface area contributed by atoms with Crippen molar-refractivity contribution in [2.24, 2.45) is 5.73 Å². The van der Waals surface area contributed by atoms with Crippen LogP contribution in [0.3, 0.4) is 0 Å². The molecule has 0 saturated carbocycles. The van der Waals surface area contributed by atoms with Gasteiger partial charge in [0.05, 0.1) is 0 Å². The Labute approximate surface area is 122 Å². The van der Waals surface area contributed by atoms with E-state index >= 15 is 0 Å². The summed E-state index contributed by atoms with van der Waals surface area (Å²) in [6, 6.07) is 6.65. The molecular formula is C18H24N2. The fraction of sp³-hybridized carbons (Fsp3) is 0.389. The fourth-order valence-electron chi connectivity index (χ4n) is 2.66. The van der Waals surface area contributed by atoms with Crippen LogP contribution in [0, 0.1) is 13.8 Å². The van der Waals surface area contributed by atoms with Crippen molar-refractivity contribution in [3.63, 3.8) is 0 Å². The maximum Gasteiger partial charge on any atom is 0.0318 e. The van der Waals surface area contributed by atoms with Gasteiger partial charge >= 0.3 is 0 Å². The van der Waals surface area contributed by atoms with Crippen molar-refractivity contribution in [1.29, 1.82) is 0 Å². The first kappa shape index (κ1) is 14.7. The molecule has 20 heavy (non-hydrogen) atoms. The average Bonchev–Trinajstić information content (AvgIpc) is 2.37. The first-order valence-corrected chi connectivity index (χ1v) is 7.09. The molecule has 0 atom stereocenters. The first-order chi connectivity index (χ1) is 9.34. The van der Waals surface area contributed by atoms with Crippen molar-refractivity contribution in [3.05, 3.63) is 52.8 Å². The van der Waals surface area contributed by atoms with Gasteiger partial charge in [-0.3, -0.25) is 4.98 Å². The van der Waals surface area contributed by atoms with Crippen LogP contribution < -0.4 is 5.73 Å². The van der Waals surface area contributed by atoms with E-state index in [-0.39, 0.29) is 5.41 Å². The summed E-state index contributed by atoms with van der Waals surface area (Å²) in [6.45, 7) is 11.6. The highest BCUT2D eigenvalue weighted by Crippen LogP contribution is 2.33. The van der Waals surface area contributed by atoms with Crippen LogP contribution in [0.2, 0.25) is 0 Å². The van der Waals surface area contributed by atoms with E-state index in [1.54, 1.807) is 0 Å². The number of hydrogen-bond donors (Lipinski definition) is 1. The summed E-state index contributed by atoms with van der Waals surface area (Å²) in [5.41, 5.74) is 13.6. The summed E-state index contributed by atoms with van der Waals surface area (Å²) in [4.78, 5) is 4.18. The molecule has 0 saturated heterocycles. The molecule has 1 heterocycles. The lowest BCUT2D eigenvalue weighted by Gasteiger charge is -2.23. The van der Waals surface area contributed by atoms with Gasteiger partial charge in [0.2, 0.25) is 0 Å². The monoisotopic (exact) mass is 268 g/mol. The summed E-state index contributed by atoms with van der Waals surface area (Å²) >= 11 is 0. The van der Waals surface area contributed by atoms with E-state index < -0.39 is 0 Å². The van der Waals surface area contributed by atoms with Crippen molar-refractivity contribution in [2.45, 2.75) is 46.6 Å². The number of pyridine rings is 1. The molecule has 0 radical (unpaired) electrons. The van der Waals surface area contributed by atoms with Crippen molar-refractivity contribution < 1.29 is 0 Å². The van der Waals surface area contributed by atoms with Gasteiger partial charge in [-0.05, 0) is 58.7 Å². The largest absolute Gasteiger partial charge is 0.326 e. The predicted octanol–water partition coefficient (Wildman–Crippen LogP) is 4.12. The molecule has 0 aliphatic carbocycles. The third-order valence-electron chi connectivity index (χ3n) is 3.79. The Balaban J connectivity index is 2.65. The minimum Gasteiger partial charge on any atom is -0.326 e. The Bertz CT molecular complexity index is 599. The highest BCUT2D eigenvalue weighted by atomic mass is 14.6. The van der Waals surface area contributed by atoms with E-state index in [2.05, 4.69) is 57.8 Å². The number of hydrogen-bond acceptors (Lipinski definition) is 2. The molecule has 0 unspecified atom stereocenters. The van der Waals surface area contributed by atoms with Gasteiger partial charge in [0.1, 0.15) is 0 Å². The minimum atomic E-state index is 0.170. The third kappa shape index (κ3) is 2.75. The van der Waals surface area contributed by atoms with E-state index in [0.29, 0.717) is 6.54 Å². The molecule has 2 aromatic rings. The summed E-state index contributed by atoms with van der Waals surface area (Å²) < 4.78 is 0. The van der Waals surface area contributed by atoms with Crippen LogP contribution >= 0.6 is 0 Å². The van der Waals surface area contributed by atoms with E-state index in [4.69, 9.17) is 5.73 Å².